The Kier molecular flexibility index (Phi) is 5.43. The zero-order chi connectivity index (χ0) is 22.4. The summed E-state index contributed by atoms with van der Waals surface area (Å²) in [5.41, 5.74) is 6.87. The molecular formula is C30H36N2O. The minimum Gasteiger partial charge on any atom is -0.389 e. The molecule has 172 valence electrons. The topological polar surface area (TPSA) is 39.3 Å². The van der Waals surface area contributed by atoms with Gasteiger partial charge in [-0.25, -0.2) is 0 Å². The van der Waals surface area contributed by atoms with Crippen LogP contribution in [0.4, 0.5) is 0 Å². The predicted octanol–water partition coefficient (Wildman–Crippen LogP) is 6.29. The van der Waals surface area contributed by atoms with Gasteiger partial charge in [-0.05, 0) is 66.7 Å². The molecule has 1 saturated heterocycles. The molecule has 0 spiro atoms. The number of aliphatic hydroxyl groups excluding tert-OH is 1. The summed E-state index contributed by atoms with van der Waals surface area (Å²) in [4.78, 5) is 6.73. The van der Waals surface area contributed by atoms with Crippen molar-refractivity contribution >= 4 is 17.0 Å². The van der Waals surface area contributed by atoms with Crippen molar-refractivity contribution in [3.05, 3.63) is 77.0 Å². The van der Waals surface area contributed by atoms with E-state index in [2.05, 4.69) is 77.5 Å². The highest BCUT2D eigenvalue weighted by Gasteiger charge is 2.52. The number of para-hydroxylation sites is 1. The number of piperidine rings is 1. The molecule has 2 aliphatic heterocycles. The van der Waals surface area contributed by atoms with E-state index in [1.54, 1.807) is 5.56 Å². The lowest BCUT2D eigenvalue weighted by atomic mass is 9.63. The van der Waals surface area contributed by atoms with E-state index in [0.717, 1.165) is 32.4 Å². The number of fused-ring (bicyclic) bond motifs is 6. The van der Waals surface area contributed by atoms with Gasteiger partial charge in [0, 0.05) is 29.7 Å². The molecule has 3 nitrogen and oxygen atoms in total. The molecule has 3 aliphatic rings. The molecule has 1 saturated carbocycles. The van der Waals surface area contributed by atoms with Crippen LogP contribution in [0.2, 0.25) is 0 Å². The van der Waals surface area contributed by atoms with Gasteiger partial charge in [0.15, 0.2) is 0 Å². The van der Waals surface area contributed by atoms with Crippen LogP contribution in [0.3, 0.4) is 0 Å². The monoisotopic (exact) mass is 440 g/mol. The molecule has 0 bridgehead atoms. The van der Waals surface area contributed by atoms with Crippen LogP contribution < -0.4 is 0 Å². The predicted molar refractivity (Wildman–Crippen MR) is 136 cm³/mol. The van der Waals surface area contributed by atoms with Crippen molar-refractivity contribution in [1.82, 2.24) is 9.88 Å². The van der Waals surface area contributed by atoms with Gasteiger partial charge in [-0.3, -0.25) is 4.90 Å². The van der Waals surface area contributed by atoms with Gasteiger partial charge >= 0.3 is 0 Å². The summed E-state index contributed by atoms with van der Waals surface area (Å²) in [5.74, 6) is 1.22. The van der Waals surface area contributed by atoms with E-state index >= 15 is 0 Å². The smallest absolute Gasteiger partial charge is 0.0756 e. The molecule has 1 unspecified atom stereocenters. The first kappa shape index (κ1) is 21.2. The highest BCUT2D eigenvalue weighted by molar-refractivity contribution is 5.85. The maximum absolute atomic E-state index is 11.1. The number of nitrogens with zero attached hydrogens (tertiary/aromatic N) is 1. The third-order valence-corrected chi connectivity index (χ3v) is 8.78. The first-order valence-corrected chi connectivity index (χ1v) is 13.0. The Bertz CT molecular complexity index is 1160. The largest absolute Gasteiger partial charge is 0.389 e. The van der Waals surface area contributed by atoms with Crippen LogP contribution in [0.5, 0.6) is 0 Å². The Labute approximate surface area is 197 Å². The van der Waals surface area contributed by atoms with Gasteiger partial charge in [0.2, 0.25) is 0 Å². The number of rotatable bonds is 4. The molecule has 0 amide bonds. The second kappa shape index (κ2) is 8.45. The molecule has 2 aromatic carbocycles. The number of hydrogen-bond acceptors (Lipinski definition) is 2. The molecule has 4 atom stereocenters. The van der Waals surface area contributed by atoms with Crippen LogP contribution in [0.25, 0.3) is 17.0 Å². The number of unbranched alkanes of at least 4 members (excludes halogenated alkanes) is 1. The number of aliphatic hydroxyl groups is 1. The van der Waals surface area contributed by atoms with E-state index in [4.69, 9.17) is 0 Å². The first-order chi connectivity index (χ1) is 16.2. The Hall–Kier alpha value is -2.36. The second-order valence-electron chi connectivity index (χ2n) is 10.7. The third-order valence-electron chi connectivity index (χ3n) is 8.78. The van der Waals surface area contributed by atoms with Crippen LogP contribution in [-0.4, -0.2) is 34.2 Å². The molecule has 3 heterocycles. The van der Waals surface area contributed by atoms with Crippen LogP contribution >= 0.6 is 0 Å². The number of H-pyrrole nitrogens is 1. The van der Waals surface area contributed by atoms with Crippen molar-refractivity contribution < 1.29 is 5.11 Å². The van der Waals surface area contributed by atoms with E-state index in [9.17, 15) is 5.11 Å². The van der Waals surface area contributed by atoms with Gasteiger partial charge in [0.05, 0.1) is 11.6 Å². The van der Waals surface area contributed by atoms with Crippen molar-refractivity contribution in [2.45, 2.75) is 63.5 Å². The lowest BCUT2D eigenvalue weighted by Gasteiger charge is -2.56. The van der Waals surface area contributed by atoms with Gasteiger partial charge in [0.25, 0.3) is 0 Å². The van der Waals surface area contributed by atoms with Crippen LogP contribution in [0, 0.1) is 11.8 Å². The van der Waals surface area contributed by atoms with Crippen molar-refractivity contribution in [2.75, 3.05) is 13.1 Å². The van der Waals surface area contributed by atoms with Crippen molar-refractivity contribution in [2.24, 2.45) is 11.8 Å². The quantitative estimate of drug-likeness (QED) is 0.501. The maximum Gasteiger partial charge on any atom is 0.0756 e. The fourth-order valence-electron chi connectivity index (χ4n) is 7.16. The summed E-state index contributed by atoms with van der Waals surface area (Å²) in [5, 5.41) is 12.6. The standard InChI is InChI=1S/C30H36N2O/c1-2-3-14-30-19-23-18-28(33)22(16-21-9-5-4-6-10-21)17-24(23)20-32(30)15-13-26-25-11-7-8-12-27(25)31-29(26)30/h4-12,16,23-24,28,31,33H,2-3,13-15,17-20H2,1H3/t23-,24-,28-,30?/m0/s1. The number of nitrogens with one attached hydrogen (secondary N) is 1. The first-order valence-electron chi connectivity index (χ1n) is 13.0. The molecule has 6 rings (SSSR count). The zero-order valence-corrected chi connectivity index (χ0v) is 19.8. The number of aromatic amines is 1. The second-order valence-corrected chi connectivity index (χ2v) is 10.7. The molecule has 1 aromatic heterocycles. The molecule has 3 heteroatoms. The lowest BCUT2D eigenvalue weighted by Crippen LogP contribution is -2.59. The number of benzene rings is 2. The van der Waals surface area contributed by atoms with E-state index < -0.39 is 0 Å². The number of hydrogen-bond donors (Lipinski definition) is 2. The van der Waals surface area contributed by atoms with Crippen LogP contribution in [-0.2, 0) is 12.0 Å². The molecular weight excluding hydrogens is 404 g/mol. The van der Waals surface area contributed by atoms with E-state index in [1.807, 2.05) is 0 Å². The van der Waals surface area contributed by atoms with E-state index in [0.29, 0.717) is 11.8 Å². The average Bonchev–Trinajstić information content (AvgIpc) is 3.23. The highest BCUT2D eigenvalue weighted by atomic mass is 16.3. The average molecular weight is 441 g/mol. The highest BCUT2D eigenvalue weighted by Crippen LogP contribution is 2.53. The Morgan fingerprint density at radius 3 is 2.76 bits per heavy atom. The summed E-state index contributed by atoms with van der Waals surface area (Å²) in [6.07, 6.45) is 9.87. The van der Waals surface area contributed by atoms with E-state index in [-0.39, 0.29) is 11.6 Å². The summed E-state index contributed by atoms with van der Waals surface area (Å²) in [6.45, 7) is 4.62. The van der Waals surface area contributed by atoms with Gasteiger partial charge in [0.1, 0.15) is 0 Å². The molecule has 1 aliphatic carbocycles. The molecule has 2 N–H and O–H groups in total. The minimum atomic E-state index is -0.313. The molecule has 0 radical (unpaired) electrons. The van der Waals surface area contributed by atoms with Crippen LogP contribution in [0.1, 0.15) is 62.3 Å². The Morgan fingerprint density at radius 1 is 1.09 bits per heavy atom. The normalized spacial score (nSPS) is 30.7. The van der Waals surface area contributed by atoms with Gasteiger partial charge in [-0.1, -0.05) is 74.4 Å². The fraction of sp³-hybridized carbons (Fsp3) is 0.467. The summed E-state index contributed by atoms with van der Waals surface area (Å²) >= 11 is 0. The lowest BCUT2D eigenvalue weighted by molar-refractivity contribution is -0.0555. The molecule has 3 aromatic rings. The van der Waals surface area contributed by atoms with E-state index in [1.165, 1.54) is 53.4 Å². The zero-order valence-electron chi connectivity index (χ0n) is 19.8. The maximum atomic E-state index is 11.1. The van der Waals surface area contributed by atoms with Crippen LogP contribution in [0.15, 0.2) is 60.2 Å². The summed E-state index contributed by atoms with van der Waals surface area (Å²) in [7, 11) is 0. The van der Waals surface area contributed by atoms with Crippen molar-refractivity contribution in [1.29, 1.82) is 0 Å². The summed E-state index contributed by atoms with van der Waals surface area (Å²) in [6, 6.07) is 19.4. The van der Waals surface area contributed by atoms with Gasteiger partial charge in [-0.15, -0.1) is 0 Å². The van der Waals surface area contributed by atoms with Gasteiger partial charge < -0.3 is 10.1 Å². The minimum absolute atomic E-state index is 0.101. The SMILES string of the molecule is CCCCC12C[C@@H]3C[C@H](O)C(=Cc4ccccc4)C[C@H]3CN1CCc1c2[nH]c2ccccc12. The van der Waals surface area contributed by atoms with Crippen molar-refractivity contribution in [3.63, 3.8) is 0 Å². The Balaban J connectivity index is 1.35. The Morgan fingerprint density at radius 2 is 1.91 bits per heavy atom. The third kappa shape index (κ3) is 3.57. The number of aromatic nitrogens is 1. The summed E-state index contributed by atoms with van der Waals surface area (Å²) < 4.78 is 0. The molecule has 2 fully saturated rings. The van der Waals surface area contributed by atoms with Crippen molar-refractivity contribution in [3.8, 4) is 0 Å². The fourth-order valence-corrected chi connectivity index (χ4v) is 7.16. The molecule has 33 heavy (non-hydrogen) atoms. The van der Waals surface area contributed by atoms with Gasteiger partial charge in [-0.2, -0.15) is 0 Å².